The first-order valence-electron chi connectivity index (χ1n) is 8.98. The first kappa shape index (κ1) is 17.2. The number of amides is 1. The summed E-state index contributed by atoms with van der Waals surface area (Å²) >= 11 is 1.48. The van der Waals surface area contributed by atoms with E-state index in [0.29, 0.717) is 4.91 Å². The molecule has 0 bridgehead atoms. The van der Waals surface area contributed by atoms with E-state index >= 15 is 0 Å². The Morgan fingerprint density at radius 3 is 2.88 bits per heavy atom. The Morgan fingerprint density at radius 1 is 1.31 bits per heavy atom. The van der Waals surface area contributed by atoms with Gasteiger partial charge in [-0.15, -0.1) is 0 Å². The molecule has 1 saturated heterocycles. The number of piperidine rings is 1. The topological polar surface area (TPSA) is 51.1 Å². The highest BCUT2D eigenvalue weighted by atomic mass is 32.2. The van der Waals surface area contributed by atoms with Crippen molar-refractivity contribution in [3.63, 3.8) is 0 Å². The molecule has 0 spiro atoms. The number of hydrogen-bond donors (Lipinski definition) is 0. The second-order valence-corrected chi connectivity index (χ2v) is 7.65. The van der Waals surface area contributed by atoms with Crippen molar-refractivity contribution in [1.29, 1.82) is 0 Å². The highest BCUT2D eigenvalue weighted by Crippen LogP contribution is 2.39. The van der Waals surface area contributed by atoms with Crippen LogP contribution in [0, 0.1) is 0 Å². The molecular weight excluding hydrogens is 348 g/mol. The Morgan fingerprint density at radius 2 is 2.12 bits per heavy atom. The Balaban J connectivity index is 1.58. The largest absolute Gasteiger partial charge is 0.493 e. The summed E-state index contributed by atoms with van der Waals surface area (Å²) in [4.78, 5) is 19.5. The number of carbonyl (C=O) groups is 1. The second-order valence-electron chi connectivity index (χ2n) is 6.64. The summed E-state index contributed by atoms with van der Waals surface area (Å²) in [6.07, 6.45) is 7.42. The Kier molecular flexibility index (Phi) is 4.76. The van der Waals surface area contributed by atoms with E-state index in [1.54, 1.807) is 7.11 Å². The highest BCUT2D eigenvalue weighted by molar-refractivity contribution is 8.18. The standard InChI is InChI=1S/C20H22N2O3S/c1-13-15(11-14-7-6-8-16(24-2)18(14)25-13)12-17-19(23)21-20(26-17)22-9-4-3-5-10-22/h6-8,11-13H,3-5,9-10H2,1-2H3/b17-12-. The molecule has 0 aliphatic carbocycles. The summed E-state index contributed by atoms with van der Waals surface area (Å²) in [6, 6.07) is 5.81. The van der Waals surface area contributed by atoms with Gasteiger partial charge in [-0.3, -0.25) is 4.79 Å². The van der Waals surface area contributed by atoms with E-state index in [1.165, 1.54) is 31.0 Å². The summed E-state index contributed by atoms with van der Waals surface area (Å²) in [5.74, 6) is 1.32. The third-order valence-electron chi connectivity index (χ3n) is 4.85. The van der Waals surface area contributed by atoms with Crippen LogP contribution in [0.1, 0.15) is 31.7 Å². The predicted molar refractivity (Wildman–Crippen MR) is 105 cm³/mol. The molecule has 26 heavy (non-hydrogen) atoms. The monoisotopic (exact) mass is 370 g/mol. The van der Waals surface area contributed by atoms with Gasteiger partial charge in [-0.1, -0.05) is 12.1 Å². The maximum Gasteiger partial charge on any atom is 0.286 e. The zero-order chi connectivity index (χ0) is 18.1. The summed E-state index contributed by atoms with van der Waals surface area (Å²) in [6.45, 7) is 3.96. The number of carbonyl (C=O) groups excluding carboxylic acids is 1. The van der Waals surface area contributed by atoms with E-state index in [-0.39, 0.29) is 12.0 Å². The number of amidine groups is 1. The van der Waals surface area contributed by atoms with E-state index in [0.717, 1.165) is 40.9 Å². The number of methoxy groups -OCH3 is 1. The van der Waals surface area contributed by atoms with E-state index in [9.17, 15) is 4.79 Å². The lowest BCUT2D eigenvalue weighted by molar-refractivity contribution is -0.113. The molecule has 4 rings (SSSR count). The van der Waals surface area contributed by atoms with Crippen LogP contribution in [-0.4, -0.2) is 42.3 Å². The van der Waals surface area contributed by atoms with E-state index in [2.05, 4.69) is 16.0 Å². The maximum absolute atomic E-state index is 12.4. The van der Waals surface area contributed by atoms with Crippen LogP contribution in [0.4, 0.5) is 0 Å². The van der Waals surface area contributed by atoms with Gasteiger partial charge in [-0.25, -0.2) is 0 Å². The van der Waals surface area contributed by atoms with Gasteiger partial charge in [0, 0.05) is 18.7 Å². The van der Waals surface area contributed by atoms with Gasteiger partial charge in [0.25, 0.3) is 5.91 Å². The molecule has 6 heteroatoms. The molecule has 0 saturated carbocycles. The number of ether oxygens (including phenoxy) is 2. The number of benzene rings is 1. The minimum Gasteiger partial charge on any atom is -0.493 e. The van der Waals surface area contributed by atoms with Crippen LogP contribution in [0.25, 0.3) is 6.08 Å². The summed E-state index contributed by atoms with van der Waals surface area (Å²) in [5.41, 5.74) is 1.93. The molecule has 136 valence electrons. The van der Waals surface area contributed by atoms with Gasteiger partial charge in [0.1, 0.15) is 6.10 Å². The van der Waals surface area contributed by atoms with Crippen molar-refractivity contribution in [1.82, 2.24) is 4.90 Å². The fourth-order valence-electron chi connectivity index (χ4n) is 3.40. The number of nitrogens with zero attached hydrogens (tertiary/aromatic N) is 2. The highest BCUT2D eigenvalue weighted by Gasteiger charge is 2.29. The Labute approximate surface area is 157 Å². The molecule has 3 heterocycles. The van der Waals surface area contributed by atoms with Crippen LogP contribution >= 0.6 is 11.8 Å². The summed E-state index contributed by atoms with van der Waals surface area (Å²) < 4.78 is 11.4. The number of rotatable bonds is 2. The van der Waals surface area contributed by atoms with Crippen molar-refractivity contribution in [2.24, 2.45) is 4.99 Å². The van der Waals surface area contributed by atoms with Crippen molar-refractivity contribution >= 4 is 28.9 Å². The molecule has 1 fully saturated rings. The van der Waals surface area contributed by atoms with Gasteiger partial charge in [0.15, 0.2) is 16.7 Å². The fraction of sp³-hybridized carbons (Fsp3) is 0.400. The summed E-state index contributed by atoms with van der Waals surface area (Å²) in [7, 11) is 1.64. The first-order valence-corrected chi connectivity index (χ1v) is 9.80. The van der Waals surface area contributed by atoms with E-state index in [1.807, 2.05) is 31.2 Å². The lowest BCUT2D eigenvalue weighted by Crippen LogP contribution is -2.33. The number of para-hydroxylation sites is 1. The lowest BCUT2D eigenvalue weighted by Gasteiger charge is -2.27. The normalized spacial score (nSPS) is 24.1. The third kappa shape index (κ3) is 3.26. The van der Waals surface area contributed by atoms with Crippen LogP contribution < -0.4 is 9.47 Å². The summed E-state index contributed by atoms with van der Waals surface area (Å²) in [5, 5.41) is 0.841. The minimum atomic E-state index is -0.154. The van der Waals surface area contributed by atoms with Gasteiger partial charge >= 0.3 is 0 Å². The van der Waals surface area contributed by atoms with Gasteiger partial charge in [0.05, 0.1) is 12.0 Å². The van der Waals surface area contributed by atoms with Crippen LogP contribution in [0.3, 0.4) is 0 Å². The number of fused-ring (bicyclic) bond motifs is 1. The zero-order valence-corrected chi connectivity index (χ0v) is 15.8. The molecule has 0 radical (unpaired) electrons. The number of likely N-dealkylation sites (tertiary alicyclic amines) is 1. The Hall–Kier alpha value is -2.21. The minimum absolute atomic E-state index is 0.153. The van der Waals surface area contributed by atoms with Crippen molar-refractivity contribution in [3.8, 4) is 11.5 Å². The number of thioether (sulfide) groups is 1. The second kappa shape index (κ2) is 7.19. The smallest absolute Gasteiger partial charge is 0.286 e. The maximum atomic E-state index is 12.4. The predicted octanol–water partition coefficient (Wildman–Crippen LogP) is 3.86. The molecule has 5 nitrogen and oxygen atoms in total. The molecule has 3 aliphatic heterocycles. The Bertz CT molecular complexity index is 822. The molecule has 0 aromatic heterocycles. The van der Waals surface area contributed by atoms with Crippen molar-refractivity contribution in [2.75, 3.05) is 20.2 Å². The van der Waals surface area contributed by atoms with Gasteiger partial charge < -0.3 is 14.4 Å². The zero-order valence-electron chi connectivity index (χ0n) is 15.0. The average molecular weight is 370 g/mol. The van der Waals surface area contributed by atoms with Crippen molar-refractivity contribution in [3.05, 3.63) is 40.3 Å². The van der Waals surface area contributed by atoms with Crippen LogP contribution in [0.15, 0.2) is 39.7 Å². The number of hydrogen-bond acceptors (Lipinski definition) is 5. The molecule has 0 N–H and O–H groups in total. The molecule has 1 amide bonds. The van der Waals surface area contributed by atoms with Gasteiger partial charge in [-0.05, 0) is 61.7 Å². The third-order valence-corrected chi connectivity index (χ3v) is 5.89. The van der Waals surface area contributed by atoms with E-state index in [4.69, 9.17) is 9.47 Å². The SMILES string of the molecule is COc1cccc2c1OC(C)C(/C=C1\SC(N3CCCCC3)=NC1=O)=C2. The molecular formula is C20H22N2O3S. The lowest BCUT2D eigenvalue weighted by atomic mass is 10.0. The van der Waals surface area contributed by atoms with E-state index < -0.39 is 0 Å². The molecule has 1 aromatic rings. The molecule has 3 aliphatic rings. The van der Waals surface area contributed by atoms with Crippen molar-refractivity contribution in [2.45, 2.75) is 32.3 Å². The van der Waals surface area contributed by atoms with Crippen LogP contribution in [0.5, 0.6) is 11.5 Å². The molecule has 1 unspecified atom stereocenters. The first-order chi connectivity index (χ1) is 12.7. The van der Waals surface area contributed by atoms with Crippen LogP contribution in [-0.2, 0) is 4.79 Å². The quantitative estimate of drug-likeness (QED) is 0.740. The number of aliphatic imine (C=N–C) groups is 1. The molecule has 1 atom stereocenters. The van der Waals surface area contributed by atoms with Crippen LogP contribution in [0.2, 0.25) is 0 Å². The van der Waals surface area contributed by atoms with Crippen molar-refractivity contribution < 1.29 is 14.3 Å². The van der Waals surface area contributed by atoms with Gasteiger partial charge in [-0.2, -0.15) is 4.99 Å². The fourth-order valence-corrected chi connectivity index (χ4v) is 4.37. The van der Waals surface area contributed by atoms with Gasteiger partial charge in [0.2, 0.25) is 0 Å². The molecule has 1 aromatic carbocycles. The average Bonchev–Trinajstić information content (AvgIpc) is 3.03.